The van der Waals surface area contributed by atoms with E-state index < -0.39 is 0 Å². The van der Waals surface area contributed by atoms with E-state index >= 15 is 0 Å². The molecule has 1 rings (SSSR count). The molecule has 2 nitrogen and oxygen atoms in total. The van der Waals surface area contributed by atoms with Gasteiger partial charge in [-0.1, -0.05) is 51.5 Å². The molecule has 4 heteroatoms. The first-order chi connectivity index (χ1) is 8.82. The Kier molecular flexibility index (Phi) is 6.08. The highest BCUT2D eigenvalue weighted by atomic mass is 35.5. The van der Waals surface area contributed by atoms with Gasteiger partial charge in [-0.3, -0.25) is 0 Å². The standard InChI is InChI=1S/C15H23ClN2S/c1-9(2)13(10(3)4)8-18-11-5-6-12(15(17)19)14(16)7-11/h5-7,9-10,13,18H,8H2,1-4H3,(H2,17,19). The van der Waals surface area contributed by atoms with Gasteiger partial charge >= 0.3 is 0 Å². The highest BCUT2D eigenvalue weighted by molar-refractivity contribution is 7.80. The average Bonchev–Trinajstić information content (AvgIpc) is 2.27. The van der Waals surface area contributed by atoms with Gasteiger partial charge in [0.05, 0.1) is 5.02 Å². The van der Waals surface area contributed by atoms with Crippen LogP contribution in [0.3, 0.4) is 0 Å². The first-order valence-corrected chi connectivity index (χ1v) is 7.44. The third-order valence-electron chi connectivity index (χ3n) is 3.49. The molecule has 0 unspecified atom stereocenters. The van der Waals surface area contributed by atoms with Crippen LogP contribution >= 0.6 is 23.8 Å². The molecule has 19 heavy (non-hydrogen) atoms. The molecule has 0 spiro atoms. The predicted molar refractivity (Wildman–Crippen MR) is 89.0 cm³/mol. The van der Waals surface area contributed by atoms with Gasteiger partial charge in [-0.05, 0) is 36.0 Å². The topological polar surface area (TPSA) is 38.0 Å². The largest absolute Gasteiger partial charge is 0.389 e. The third kappa shape index (κ3) is 4.66. The lowest BCUT2D eigenvalue weighted by atomic mass is 9.85. The summed E-state index contributed by atoms with van der Waals surface area (Å²) < 4.78 is 0. The van der Waals surface area contributed by atoms with E-state index in [-0.39, 0.29) is 0 Å². The molecule has 0 atom stereocenters. The number of rotatable bonds is 6. The Morgan fingerprint density at radius 2 is 1.84 bits per heavy atom. The van der Waals surface area contributed by atoms with Crippen molar-refractivity contribution in [1.29, 1.82) is 0 Å². The Morgan fingerprint density at radius 3 is 2.26 bits per heavy atom. The van der Waals surface area contributed by atoms with Crippen molar-refractivity contribution < 1.29 is 0 Å². The molecule has 0 fully saturated rings. The number of nitrogens with one attached hydrogen (secondary N) is 1. The monoisotopic (exact) mass is 298 g/mol. The van der Waals surface area contributed by atoms with E-state index in [1.165, 1.54) is 0 Å². The van der Waals surface area contributed by atoms with Gasteiger partial charge in [0.1, 0.15) is 4.99 Å². The Morgan fingerprint density at radius 1 is 1.26 bits per heavy atom. The zero-order valence-electron chi connectivity index (χ0n) is 12.0. The number of halogens is 1. The highest BCUT2D eigenvalue weighted by Gasteiger charge is 2.17. The molecule has 0 saturated heterocycles. The van der Waals surface area contributed by atoms with Crippen LogP contribution in [0.25, 0.3) is 0 Å². The minimum absolute atomic E-state index is 0.332. The quantitative estimate of drug-likeness (QED) is 0.768. The maximum Gasteiger partial charge on any atom is 0.105 e. The molecule has 3 N–H and O–H groups in total. The van der Waals surface area contributed by atoms with Crippen molar-refractivity contribution in [3.63, 3.8) is 0 Å². The Hall–Kier alpha value is -0.800. The zero-order valence-corrected chi connectivity index (χ0v) is 13.6. The van der Waals surface area contributed by atoms with Crippen molar-refractivity contribution in [2.75, 3.05) is 11.9 Å². The van der Waals surface area contributed by atoms with Crippen LogP contribution in [0.15, 0.2) is 18.2 Å². The van der Waals surface area contributed by atoms with Crippen molar-refractivity contribution in [3.05, 3.63) is 28.8 Å². The van der Waals surface area contributed by atoms with Gasteiger partial charge in [0.15, 0.2) is 0 Å². The number of benzene rings is 1. The second kappa shape index (κ2) is 7.11. The molecule has 0 aliphatic carbocycles. The second-order valence-corrected chi connectivity index (χ2v) is 6.44. The summed E-state index contributed by atoms with van der Waals surface area (Å²) in [5.41, 5.74) is 7.33. The van der Waals surface area contributed by atoms with E-state index in [0.717, 1.165) is 17.8 Å². The summed E-state index contributed by atoms with van der Waals surface area (Å²) in [6.45, 7) is 9.98. The van der Waals surface area contributed by atoms with E-state index in [1.54, 1.807) is 0 Å². The maximum atomic E-state index is 6.16. The number of anilines is 1. The van der Waals surface area contributed by atoms with Gasteiger partial charge in [0.2, 0.25) is 0 Å². The molecule has 0 amide bonds. The number of nitrogens with two attached hydrogens (primary N) is 1. The van der Waals surface area contributed by atoms with Gasteiger partial charge in [-0.2, -0.15) is 0 Å². The van der Waals surface area contributed by atoms with Crippen LogP contribution in [-0.4, -0.2) is 11.5 Å². The number of thiocarbonyl (C=S) groups is 1. The van der Waals surface area contributed by atoms with Crippen LogP contribution in [0.5, 0.6) is 0 Å². The molecule has 1 aromatic carbocycles. The van der Waals surface area contributed by atoms with Crippen LogP contribution in [0.1, 0.15) is 33.3 Å². The van der Waals surface area contributed by atoms with E-state index in [9.17, 15) is 0 Å². The van der Waals surface area contributed by atoms with E-state index in [0.29, 0.717) is 27.8 Å². The second-order valence-electron chi connectivity index (χ2n) is 5.59. The normalized spacial score (nSPS) is 11.4. The Bertz CT molecular complexity index is 436. The van der Waals surface area contributed by atoms with Crippen molar-refractivity contribution in [2.24, 2.45) is 23.5 Å². The van der Waals surface area contributed by atoms with E-state index in [2.05, 4.69) is 33.0 Å². The molecule has 0 radical (unpaired) electrons. The fourth-order valence-electron chi connectivity index (χ4n) is 2.30. The molecule has 0 aliphatic heterocycles. The summed E-state index contributed by atoms with van der Waals surface area (Å²) in [5.74, 6) is 1.94. The summed E-state index contributed by atoms with van der Waals surface area (Å²) in [5, 5.41) is 4.05. The molecule has 0 aliphatic rings. The summed E-state index contributed by atoms with van der Waals surface area (Å²) in [7, 11) is 0. The van der Waals surface area contributed by atoms with Crippen LogP contribution < -0.4 is 11.1 Å². The molecule has 1 aromatic rings. The van der Waals surface area contributed by atoms with Gasteiger partial charge in [-0.15, -0.1) is 0 Å². The summed E-state index contributed by atoms with van der Waals surface area (Å²) in [6.07, 6.45) is 0. The zero-order chi connectivity index (χ0) is 14.6. The average molecular weight is 299 g/mol. The first-order valence-electron chi connectivity index (χ1n) is 6.66. The lowest BCUT2D eigenvalue weighted by Gasteiger charge is -2.25. The van der Waals surface area contributed by atoms with Crippen LogP contribution in [0, 0.1) is 17.8 Å². The lowest BCUT2D eigenvalue weighted by molar-refractivity contribution is 0.304. The van der Waals surface area contributed by atoms with Crippen molar-refractivity contribution in [1.82, 2.24) is 0 Å². The minimum atomic E-state index is 0.332. The lowest BCUT2D eigenvalue weighted by Crippen LogP contribution is -2.24. The molecular weight excluding hydrogens is 276 g/mol. The summed E-state index contributed by atoms with van der Waals surface area (Å²) in [4.78, 5) is 0.332. The van der Waals surface area contributed by atoms with Gasteiger partial charge in [0, 0.05) is 17.8 Å². The van der Waals surface area contributed by atoms with Gasteiger partial charge < -0.3 is 11.1 Å². The van der Waals surface area contributed by atoms with Crippen LogP contribution in [0.2, 0.25) is 5.02 Å². The summed E-state index contributed by atoms with van der Waals surface area (Å²) in [6, 6.07) is 5.72. The molecule has 0 heterocycles. The van der Waals surface area contributed by atoms with Gasteiger partial charge in [-0.25, -0.2) is 0 Å². The highest BCUT2D eigenvalue weighted by Crippen LogP contribution is 2.24. The molecular formula is C15H23ClN2S. The van der Waals surface area contributed by atoms with Crippen molar-refractivity contribution in [2.45, 2.75) is 27.7 Å². The molecule has 0 saturated carbocycles. The minimum Gasteiger partial charge on any atom is -0.389 e. The van der Waals surface area contributed by atoms with E-state index in [4.69, 9.17) is 29.6 Å². The molecule has 106 valence electrons. The first kappa shape index (κ1) is 16.3. The molecule has 0 aromatic heterocycles. The summed E-state index contributed by atoms with van der Waals surface area (Å²) >= 11 is 11.1. The fraction of sp³-hybridized carbons (Fsp3) is 0.533. The molecule has 0 bridgehead atoms. The van der Waals surface area contributed by atoms with Crippen molar-refractivity contribution in [3.8, 4) is 0 Å². The fourth-order valence-corrected chi connectivity index (χ4v) is 2.82. The Balaban J connectivity index is 2.73. The third-order valence-corrected chi connectivity index (χ3v) is 4.02. The SMILES string of the molecule is CC(C)C(CNc1ccc(C(N)=S)c(Cl)c1)C(C)C. The van der Waals surface area contributed by atoms with Crippen LogP contribution in [0.4, 0.5) is 5.69 Å². The number of hydrogen-bond acceptors (Lipinski definition) is 2. The van der Waals surface area contributed by atoms with E-state index in [1.807, 2.05) is 18.2 Å². The van der Waals surface area contributed by atoms with Crippen LogP contribution in [-0.2, 0) is 0 Å². The predicted octanol–water partition coefficient (Wildman–Crippen LogP) is 4.31. The van der Waals surface area contributed by atoms with Crippen molar-refractivity contribution >= 4 is 34.5 Å². The smallest absolute Gasteiger partial charge is 0.105 e. The Labute approximate surface area is 126 Å². The maximum absolute atomic E-state index is 6.16. The van der Waals surface area contributed by atoms with Gasteiger partial charge in [0.25, 0.3) is 0 Å². The number of hydrogen-bond donors (Lipinski definition) is 2.